The molecule has 3 nitrogen and oxygen atoms in total. The molecular formula is C14H9Cl3N2O. The quantitative estimate of drug-likeness (QED) is 0.755. The highest BCUT2D eigenvalue weighted by atomic mass is 35.5. The molecule has 1 aromatic carbocycles. The Labute approximate surface area is 130 Å². The molecular weight excluding hydrogens is 319 g/mol. The maximum absolute atomic E-state index is 9.62. The summed E-state index contributed by atoms with van der Waals surface area (Å²) in [6.45, 7) is -0.156. The van der Waals surface area contributed by atoms with E-state index in [0.717, 1.165) is 5.56 Å². The third-order valence-electron chi connectivity index (χ3n) is 3.02. The van der Waals surface area contributed by atoms with Gasteiger partial charge in [0, 0.05) is 11.8 Å². The van der Waals surface area contributed by atoms with E-state index in [2.05, 4.69) is 4.98 Å². The van der Waals surface area contributed by atoms with Crippen LogP contribution in [0.4, 0.5) is 0 Å². The van der Waals surface area contributed by atoms with Gasteiger partial charge in [0.25, 0.3) is 0 Å². The number of hydrogen-bond acceptors (Lipinski definition) is 2. The average Bonchev–Trinajstić information content (AvgIpc) is 2.79. The second-order valence-electron chi connectivity index (χ2n) is 4.27. The van der Waals surface area contributed by atoms with Gasteiger partial charge in [-0.2, -0.15) is 0 Å². The summed E-state index contributed by atoms with van der Waals surface area (Å²) in [6, 6.07) is 8.80. The van der Waals surface area contributed by atoms with Gasteiger partial charge in [0.15, 0.2) is 0 Å². The Bertz CT molecular complexity index is 798. The van der Waals surface area contributed by atoms with Crippen molar-refractivity contribution in [3.8, 4) is 11.3 Å². The van der Waals surface area contributed by atoms with Gasteiger partial charge < -0.3 is 5.11 Å². The Kier molecular flexibility index (Phi) is 3.61. The van der Waals surface area contributed by atoms with E-state index in [-0.39, 0.29) is 6.61 Å². The first-order chi connectivity index (χ1) is 9.60. The predicted octanol–water partition coefficient (Wildman–Crippen LogP) is 4.45. The molecule has 3 aromatic rings. The summed E-state index contributed by atoms with van der Waals surface area (Å²) in [5, 5.41) is 11.1. The van der Waals surface area contributed by atoms with Gasteiger partial charge >= 0.3 is 0 Å². The molecule has 0 radical (unpaired) electrons. The van der Waals surface area contributed by atoms with E-state index in [0.29, 0.717) is 32.1 Å². The van der Waals surface area contributed by atoms with Crippen molar-refractivity contribution in [2.75, 3.05) is 0 Å². The van der Waals surface area contributed by atoms with E-state index in [1.165, 1.54) is 0 Å². The van der Waals surface area contributed by atoms with E-state index in [1.54, 1.807) is 34.9 Å². The van der Waals surface area contributed by atoms with Crippen LogP contribution in [-0.2, 0) is 6.61 Å². The highest BCUT2D eigenvalue weighted by Crippen LogP contribution is 2.31. The zero-order chi connectivity index (χ0) is 14.3. The van der Waals surface area contributed by atoms with Gasteiger partial charge in [-0.25, -0.2) is 4.98 Å². The zero-order valence-corrected chi connectivity index (χ0v) is 12.4. The van der Waals surface area contributed by atoms with E-state index >= 15 is 0 Å². The van der Waals surface area contributed by atoms with Crippen molar-refractivity contribution < 1.29 is 5.11 Å². The molecule has 0 saturated carbocycles. The lowest BCUT2D eigenvalue weighted by atomic mass is 10.1. The van der Waals surface area contributed by atoms with Crippen LogP contribution in [-0.4, -0.2) is 14.5 Å². The summed E-state index contributed by atoms with van der Waals surface area (Å²) in [4.78, 5) is 4.51. The fraction of sp³-hybridized carbons (Fsp3) is 0.0714. The standard InChI is InChI=1S/C14H9Cl3N2O/c15-9-2-4-13-18-14(12(7-20)19(13)6-9)8-1-3-10(16)11(17)5-8/h1-6,20H,7H2. The molecule has 0 aliphatic heterocycles. The number of nitrogens with zero attached hydrogens (tertiary/aromatic N) is 2. The molecule has 0 spiro atoms. The summed E-state index contributed by atoms with van der Waals surface area (Å²) in [6.07, 6.45) is 1.72. The fourth-order valence-corrected chi connectivity index (χ4v) is 2.55. The Morgan fingerprint density at radius 2 is 1.85 bits per heavy atom. The van der Waals surface area contributed by atoms with Crippen molar-refractivity contribution in [3.05, 3.63) is 57.3 Å². The van der Waals surface area contributed by atoms with Gasteiger partial charge in [-0.3, -0.25) is 4.40 Å². The van der Waals surface area contributed by atoms with Crippen LogP contribution >= 0.6 is 34.8 Å². The van der Waals surface area contributed by atoms with E-state index < -0.39 is 0 Å². The summed E-state index contributed by atoms with van der Waals surface area (Å²) < 4.78 is 1.76. The van der Waals surface area contributed by atoms with Crippen LogP contribution in [0.1, 0.15) is 5.69 Å². The lowest BCUT2D eigenvalue weighted by molar-refractivity contribution is 0.276. The molecule has 0 unspecified atom stereocenters. The summed E-state index contributed by atoms with van der Waals surface area (Å²) in [7, 11) is 0. The number of aliphatic hydroxyl groups excluding tert-OH is 1. The minimum absolute atomic E-state index is 0.156. The van der Waals surface area contributed by atoms with Gasteiger partial charge in [0.05, 0.1) is 33.1 Å². The SMILES string of the molecule is OCc1c(-c2ccc(Cl)c(Cl)c2)nc2ccc(Cl)cn12. The van der Waals surface area contributed by atoms with Crippen molar-refractivity contribution in [2.24, 2.45) is 0 Å². The predicted molar refractivity (Wildman–Crippen MR) is 81.6 cm³/mol. The third-order valence-corrected chi connectivity index (χ3v) is 3.99. The average molecular weight is 328 g/mol. The molecule has 102 valence electrons. The largest absolute Gasteiger partial charge is 0.390 e. The van der Waals surface area contributed by atoms with Crippen LogP contribution in [0.2, 0.25) is 15.1 Å². The molecule has 0 atom stereocenters. The summed E-state index contributed by atoms with van der Waals surface area (Å²) in [5.41, 5.74) is 2.82. The summed E-state index contributed by atoms with van der Waals surface area (Å²) in [5.74, 6) is 0. The zero-order valence-electron chi connectivity index (χ0n) is 10.1. The maximum atomic E-state index is 9.62. The highest BCUT2D eigenvalue weighted by molar-refractivity contribution is 6.42. The molecule has 6 heteroatoms. The van der Waals surface area contributed by atoms with Crippen molar-refractivity contribution in [2.45, 2.75) is 6.61 Å². The molecule has 0 saturated heterocycles. The maximum Gasteiger partial charge on any atom is 0.137 e. The number of imidazole rings is 1. The number of aromatic nitrogens is 2. The minimum Gasteiger partial charge on any atom is -0.390 e. The molecule has 0 fully saturated rings. The first kappa shape index (κ1) is 13.7. The Morgan fingerprint density at radius 3 is 2.55 bits per heavy atom. The molecule has 0 amide bonds. The van der Waals surface area contributed by atoms with Crippen molar-refractivity contribution in [1.29, 1.82) is 0 Å². The fourth-order valence-electron chi connectivity index (χ4n) is 2.09. The first-order valence-electron chi connectivity index (χ1n) is 5.83. The van der Waals surface area contributed by atoms with E-state index in [1.807, 2.05) is 6.07 Å². The van der Waals surface area contributed by atoms with Gasteiger partial charge in [-0.15, -0.1) is 0 Å². The molecule has 1 N–H and O–H groups in total. The van der Waals surface area contributed by atoms with Crippen LogP contribution in [0, 0.1) is 0 Å². The van der Waals surface area contributed by atoms with Gasteiger partial charge in [0.1, 0.15) is 5.65 Å². The number of aliphatic hydroxyl groups is 1. The molecule has 2 aromatic heterocycles. The third kappa shape index (κ3) is 2.27. The smallest absolute Gasteiger partial charge is 0.137 e. The molecule has 3 rings (SSSR count). The molecule has 0 bridgehead atoms. The van der Waals surface area contributed by atoms with Crippen molar-refractivity contribution >= 4 is 40.4 Å². The normalized spacial score (nSPS) is 11.2. The number of pyridine rings is 1. The Hall–Kier alpha value is -1.26. The number of halogens is 3. The topological polar surface area (TPSA) is 37.5 Å². The van der Waals surface area contributed by atoms with Gasteiger partial charge in [0.2, 0.25) is 0 Å². The van der Waals surface area contributed by atoms with Crippen LogP contribution in [0.15, 0.2) is 36.5 Å². The lowest BCUT2D eigenvalue weighted by Gasteiger charge is -2.03. The number of benzene rings is 1. The Morgan fingerprint density at radius 1 is 1.05 bits per heavy atom. The highest BCUT2D eigenvalue weighted by Gasteiger charge is 2.14. The van der Waals surface area contributed by atoms with Crippen molar-refractivity contribution in [1.82, 2.24) is 9.38 Å². The lowest BCUT2D eigenvalue weighted by Crippen LogP contribution is -1.94. The van der Waals surface area contributed by atoms with Gasteiger partial charge in [-0.1, -0.05) is 40.9 Å². The second kappa shape index (κ2) is 5.26. The second-order valence-corrected chi connectivity index (χ2v) is 5.52. The van der Waals surface area contributed by atoms with Gasteiger partial charge in [-0.05, 0) is 24.3 Å². The first-order valence-corrected chi connectivity index (χ1v) is 6.96. The van der Waals surface area contributed by atoms with E-state index in [4.69, 9.17) is 34.8 Å². The Balaban J connectivity index is 2.27. The van der Waals surface area contributed by atoms with Crippen LogP contribution in [0.25, 0.3) is 16.9 Å². The van der Waals surface area contributed by atoms with Crippen LogP contribution < -0.4 is 0 Å². The van der Waals surface area contributed by atoms with E-state index in [9.17, 15) is 5.11 Å². The molecule has 2 heterocycles. The number of fused-ring (bicyclic) bond motifs is 1. The molecule has 0 aliphatic carbocycles. The molecule has 0 aliphatic rings. The van der Waals surface area contributed by atoms with Crippen molar-refractivity contribution in [3.63, 3.8) is 0 Å². The minimum atomic E-state index is -0.156. The number of rotatable bonds is 2. The number of hydrogen-bond donors (Lipinski definition) is 1. The van der Waals surface area contributed by atoms with Crippen LogP contribution in [0.3, 0.4) is 0 Å². The monoisotopic (exact) mass is 326 g/mol. The molecule has 20 heavy (non-hydrogen) atoms. The summed E-state index contributed by atoms with van der Waals surface area (Å²) >= 11 is 17.9. The van der Waals surface area contributed by atoms with Crippen LogP contribution in [0.5, 0.6) is 0 Å².